The maximum Gasteiger partial charge on any atom is 0.101 e. The number of anilines is 2. The van der Waals surface area contributed by atoms with E-state index in [-0.39, 0.29) is 0 Å². The van der Waals surface area contributed by atoms with E-state index < -0.39 is 0 Å². The van der Waals surface area contributed by atoms with Crippen molar-refractivity contribution in [2.75, 3.05) is 30.8 Å². The van der Waals surface area contributed by atoms with Crippen LogP contribution >= 0.6 is 0 Å². The Kier molecular flexibility index (Phi) is 5.91. The summed E-state index contributed by atoms with van der Waals surface area (Å²) in [7, 11) is 0. The third kappa shape index (κ3) is 4.75. The first kappa shape index (κ1) is 13.3. The molecule has 0 radical (unpaired) electrons. The minimum atomic E-state index is 0.502. The van der Waals surface area contributed by atoms with Gasteiger partial charge in [-0.05, 0) is 24.6 Å². The van der Waals surface area contributed by atoms with Crippen molar-refractivity contribution in [2.24, 2.45) is 0 Å². The molecule has 0 aliphatic rings. The van der Waals surface area contributed by atoms with Crippen LogP contribution in [0.5, 0.6) is 0 Å². The molecule has 4 heteroatoms. The van der Waals surface area contributed by atoms with E-state index in [9.17, 15) is 0 Å². The molecule has 4 nitrogen and oxygen atoms in total. The van der Waals surface area contributed by atoms with E-state index in [1.807, 2.05) is 6.07 Å². The summed E-state index contributed by atoms with van der Waals surface area (Å²) in [5.41, 5.74) is 7.55. The van der Waals surface area contributed by atoms with Crippen molar-refractivity contribution in [1.82, 2.24) is 0 Å². The van der Waals surface area contributed by atoms with E-state index in [0.29, 0.717) is 17.9 Å². The maximum absolute atomic E-state index is 8.83. The summed E-state index contributed by atoms with van der Waals surface area (Å²) >= 11 is 0. The molecule has 1 rings (SSSR count). The molecule has 0 unspecified atom stereocenters. The zero-order valence-corrected chi connectivity index (χ0v) is 10.2. The van der Waals surface area contributed by atoms with Crippen LogP contribution in [-0.4, -0.2) is 19.8 Å². The number of nitrogens with two attached hydrogens (primary N) is 1. The lowest BCUT2D eigenvalue weighted by Crippen LogP contribution is -2.10. The molecule has 0 fully saturated rings. The molecular weight excluding hydrogens is 214 g/mol. The summed E-state index contributed by atoms with van der Waals surface area (Å²) in [6, 6.07) is 7.41. The monoisotopic (exact) mass is 233 g/mol. The Labute approximate surface area is 102 Å². The number of benzene rings is 1. The third-order valence-electron chi connectivity index (χ3n) is 2.39. The molecule has 0 saturated heterocycles. The molecule has 1 aromatic rings. The van der Waals surface area contributed by atoms with Crippen molar-refractivity contribution >= 4 is 11.4 Å². The number of ether oxygens (including phenoxy) is 1. The van der Waals surface area contributed by atoms with Crippen molar-refractivity contribution < 1.29 is 4.74 Å². The zero-order valence-electron chi connectivity index (χ0n) is 10.2. The number of hydrogen-bond donors (Lipinski definition) is 2. The molecule has 17 heavy (non-hydrogen) atoms. The number of unbranched alkanes of at least 4 members (excludes halogenated alkanes) is 1. The van der Waals surface area contributed by atoms with Crippen LogP contribution in [0.4, 0.5) is 11.4 Å². The Balaban J connectivity index is 2.30. The molecule has 1 aromatic carbocycles. The third-order valence-corrected chi connectivity index (χ3v) is 2.39. The van der Waals surface area contributed by atoms with Crippen molar-refractivity contribution in [3.05, 3.63) is 23.8 Å². The lowest BCUT2D eigenvalue weighted by Gasteiger charge is -2.08. The second-order valence-corrected chi connectivity index (χ2v) is 3.81. The number of nitrogens with one attached hydrogen (secondary N) is 1. The lowest BCUT2D eigenvalue weighted by molar-refractivity contribution is 0.141. The molecule has 92 valence electrons. The predicted molar refractivity (Wildman–Crippen MR) is 69.8 cm³/mol. The Morgan fingerprint density at radius 3 is 2.94 bits per heavy atom. The van der Waals surface area contributed by atoms with Crippen LogP contribution in [0.2, 0.25) is 0 Å². The van der Waals surface area contributed by atoms with Crippen LogP contribution in [0.25, 0.3) is 0 Å². The summed E-state index contributed by atoms with van der Waals surface area (Å²) in [6.07, 6.45) is 2.25. The van der Waals surface area contributed by atoms with E-state index in [1.54, 1.807) is 12.1 Å². The molecule has 3 N–H and O–H groups in total. The van der Waals surface area contributed by atoms with Gasteiger partial charge in [-0.3, -0.25) is 0 Å². The standard InChI is InChI=1S/C13H19N3O/c1-2-3-7-17-8-6-16-12-4-5-13(15)11(9-12)10-14/h4-5,9,16H,2-3,6-8,15H2,1H3. The molecule has 0 aromatic heterocycles. The highest BCUT2D eigenvalue weighted by molar-refractivity contribution is 5.61. The fourth-order valence-electron chi connectivity index (χ4n) is 1.38. The molecule has 0 saturated carbocycles. The average molecular weight is 233 g/mol. The topological polar surface area (TPSA) is 71.1 Å². The van der Waals surface area contributed by atoms with E-state index in [0.717, 1.165) is 31.7 Å². The Bertz CT molecular complexity index is 385. The minimum absolute atomic E-state index is 0.502. The van der Waals surface area contributed by atoms with Crippen molar-refractivity contribution in [2.45, 2.75) is 19.8 Å². The molecule has 0 atom stereocenters. The number of rotatable bonds is 7. The van der Waals surface area contributed by atoms with E-state index >= 15 is 0 Å². The van der Waals surface area contributed by atoms with Gasteiger partial charge in [0.1, 0.15) is 6.07 Å². The van der Waals surface area contributed by atoms with E-state index in [4.69, 9.17) is 15.7 Å². The fraction of sp³-hybridized carbons (Fsp3) is 0.462. The van der Waals surface area contributed by atoms with Gasteiger partial charge in [0.05, 0.1) is 12.2 Å². The summed E-state index contributed by atoms with van der Waals surface area (Å²) in [6.45, 7) is 4.35. The smallest absolute Gasteiger partial charge is 0.101 e. The van der Waals surface area contributed by atoms with Crippen molar-refractivity contribution in [3.8, 4) is 6.07 Å². The van der Waals surface area contributed by atoms with Crippen LogP contribution in [0.15, 0.2) is 18.2 Å². The summed E-state index contributed by atoms with van der Waals surface area (Å²) in [5.74, 6) is 0. The number of nitriles is 1. The van der Waals surface area contributed by atoms with Gasteiger partial charge in [-0.1, -0.05) is 13.3 Å². The molecule has 0 spiro atoms. The van der Waals surface area contributed by atoms with Crippen LogP contribution in [0.3, 0.4) is 0 Å². The minimum Gasteiger partial charge on any atom is -0.398 e. The Hall–Kier alpha value is -1.73. The van der Waals surface area contributed by atoms with E-state index in [2.05, 4.69) is 18.3 Å². The maximum atomic E-state index is 8.83. The number of hydrogen-bond acceptors (Lipinski definition) is 4. The van der Waals surface area contributed by atoms with Crippen LogP contribution in [0, 0.1) is 11.3 Å². The zero-order chi connectivity index (χ0) is 12.5. The first-order chi connectivity index (χ1) is 8.27. The highest BCUT2D eigenvalue weighted by atomic mass is 16.5. The molecule has 0 amide bonds. The quantitative estimate of drug-likeness (QED) is 0.560. The van der Waals surface area contributed by atoms with Crippen LogP contribution in [-0.2, 0) is 4.74 Å². The fourth-order valence-corrected chi connectivity index (χ4v) is 1.38. The molecule has 0 aliphatic carbocycles. The Morgan fingerprint density at radius 1 is 1.41 bits per heavy atom. The van der Waals surface area contributed by atoms with Gasteiger partial charge in [-0.2, -0.15) is 5.26 Å². The van der Waals surface area contributed by atoms with E-state index in [1.165, 1.54) is 0 Å². The highest BCUT2D eigenvalue weighted by Gasteiger charge is 1.99. The van der Waals surface area contributed by atoms with Gasteiger partial charge in [0, 0.05) is 24.5 Å². The van der Waals surface area contributed by atoms with Crippen LogP contribution < -0.4 is 11.1 Å². The summed E-state index contributed by atoms with van der Waals surface area (Å²) in [5, 5.41) is 12.0. The first-order valence-corrected chi connectivity index (χ1v) is 5.89. The van der Waals surface area contributed by atoms with Gasteiger partial charge < -0.3 is 15.8 Å². The number of nitrogen functional groups attached to an aromatic ring is 1. The SMILES string of the molecule is CCCCOCCNc1ccc(N)c(C#N)c1. The normalized spacial score (nSPS) is 9.88. The van der Waals surface area contributed by atoms with Gasteiger partial charge in [-0.25, -0.2) is 0 Å². The first-order valence-electron chi connectivity index (χ1n) is 5.89. The number of nitrogens with zero attached hydrogens (tertiary/aromatic N) is 1. The molecule has 0 bridgehead atoms. The molecular formula is C13H19N3O. The molecule has 0 heterocycles. The van der Waals surface area contributed by atoms with Gasteiger partial charge >= 0.3 is 0 Å². The summed E-state index contributed by atoms with van der Waals surface area (Å²) in [4.78, 5) is 0. The summed E-state index contributed by atoms with van der Waals surface area (Å²) < 4.78 is 5.42. The Morgan fingerprint density at radius 2 is 2.24 bits per heavy atom. The second kappa shape index (κ2) is 7.53. The van der Waals surface area contributed by atoms with Crippen molar-refractivity contribution in [1.29, 1.82) is 5.26 Å². The van der Waals surface area contributed by atoms with Crippen LogP contribution in [0.1, 0.15) is 25.3 Å². The van der Waals surface area contributed by atoms with Gasteiger partial charge in [0.25, 0.3) is 0 Å². The van der Waals surface area contributed by atoms with Crippen molar-refractivity contribution in [3.63, 3.8) is 0 Å². The average Bonchev–Trinajstić information content (AvgIpc) is 2.35. The van der Waals surface area contributed by atoms with Gasteiger partial charge in [0.15, 0.2) is 0 Å². The second-order valence-electron chi connectivity index (χ2n) is 3.81. The molecule has 0 aliphatic heterocycles. The van der Waals surface area contributed by atoms with Gasteiger partial charge in [-0.15, -0.1) is 0 Å². The van der Waals surface area contributed by atoms with Gasteiger partial charge in [0.2, 0.25) is 0 Å². The largest absolute Gasteiger partial charge is 0.398 e. The lowest BCUT2D eigenvalue weighted by atomic mass is 10.2. The predicted octanol–water partition coefficient (Wildman–Crippen LogP) is 2.37. The highest BCUT2D eigenvalue weighted by Crippen LogP contribution is 2.16.